The first-order chi connectivity index (χ1) is 14.2. The lowest BCUT2D eigenvalue weighted by atomic mass is 10.00. The molecule has 3 aromatic rings. The van der Waals surface area contributed by atoms with Crippen molar-refractivity contribution >= 4 is 33.8 Å². The number of unbranched alkanes of at least 4 members (excludes halogenated alkanes) is 1. The summed E-state index contributed by atoms with van der Waals surface area (Å²) in [6.45, 7) is 7.66. The average molecular weight is 413 g/mol. The zero-order valence-corrected chi connectivity index (χ0v) is 17.8. The van der Waals surface area contributed by atoms with Gasteiger partial charge in [0, 0.05) is 28.8 Å². The second-order valence-corrected chi connectivity index (χ2v) is 7.72. The van der Waals surface area contributed by atoms with Crippen LogP contribution in [0.15, 0.2) is 25.8 Å². The molecule has 0 spiro atoms. The third kappa shape index (κ3) is 4.25. The van der Waals surface area contributed by atoms with Gasteiger partial charge in [-0.15, -0.1) is 0 Å². The molecule has 0 aliphatic carbocycles. The van der Waals surface area contributed by atoms with Crippen LogP contribution in [0.3, 0.4) is 0 Å². The van der Waals surface area contributed by atoms with Crippen molar-refractivity contribution in [2.45, 2.75) is 65.8 Å². The van der Waals surface area contributed by atoms with Crippen LogP contribution in [0.2, 0.25) is 0 Å². The van der Waals surface area contributed by atoms with Gasteiger partial charge < -0.3 is 19.3 Å². The highest BCUT2D eigenvalue weighted by Gasteiger charge is 2.20. The minimum Gasteiger partial charge on any atom is -0.480 e. The monoisotopic (exact) mass is 413 g/mol. The third-order valence-corrected chi connectivity index (χ3v) is 5.66. The lowest BCUT2D eigenvalue weighted by molar-refractivity contribution is -0.142. The fourth-order valence-electron chi connectivity index (χ4n) is 3.68. The molecule has 1 amide bonds. The van der Waals surface area contributed by atoms with Crippen molar-refractivity contribution in [2.75, 3.05) is 0 Å². The number of hydrogen-bond donors (Lipinski definition) is 2. The molecule has 30 heavy (non-hydrogen) atoms. The van der Waals surface area contributed by atoms with E-state index in [9.17, 15) is 19.5 Å². The van der Waals surface area contributed by atoms with Gasteiger partial charge >= 0.3 is 11.6 Å². The minimum absolute atomic E-state index is 0.0130. The highest BCUT2D eigenvalue weighted by atomic mass is 16.4. The van der Waals surface area contributed by atoms with E-state index in [0.717, 1.165) is 34.1 Å². The summed E-state index contributed by atoms with van der Waals surface area (Å²) >= 11 is 0. The van der Waals surface area contributed by atoms with Gasteiger partial charge in [0.05, 0.1) is 0 Å². The predicted octanol–water partition coefficient (Wildman–Crippen LogP) is 4.16. The second-order valence-electron chi connectivity index (χ2n) is 7.72. The summed E-state index contributed by atoms with van der Waals surface area (Å²) in [5.41, 5.74) is 2.83. The molecule has 2 heterocycles. The lowest BCUT2D eigenvalue weighted by Crippen LogP contribution is -2.40. The van der Waals surface area contributed by atoms with Crippen LogP contribution in [0.25, 0.3) is 21.9 Å². The molecule has 0 bridgehead atoms. The van der Waals surface area contributed by atoms with Gasteiger partial charge in [-0.05, 0) is 50.8 Å². The smallest absolute Gasteiger partial charge is 0.339 e. The van der Waals surface area contributed by atoms with Crippen LogP contribution in [0.5, 0.6) is 0 Å². The van der Waals surface area contributed by atoms with Crippen LogP contribution in [0.4, 0.5) is 0 Å². The summed E-state index contributed by atoms with van der Waals surface area (Å²) in [5, 5.41) is 13.6. The summed E-state index contributed by atoms with van der Waals surface area (Å²) in [6.07, 6.45) is 2.14. The van der Waals surface area contributed by atoms with E-state index in [1.54, 1.807) is 6.07 Å². The van der Waals surface area contributed by atoms with Gasteiger partial charge in [-0.3, -0.25) is 4.79 Å². The first-order valence-electron chi connectivity index (χ1n) is 10.2. The highest BCUT2D eigenvalue weighted by Crippen LogP contribution is 2.31. The number of benzene rings is 1. The van der Waals surface area contributed by atoms with E-state index in [1.165, 1.54) is 0 Å². The van der Waals surface area contributed by atoms with Crippen molar-refractivity contribution in [1.29, 1.82) is 0 Å². The molecule has 1 aromatic carbocycles. The Morgan fingerprint density at radius 2 is 1.73 bits per heavy atom. The molecule has 3 rings (SSSR count). The van der Waals surface area contributed by atoms with E-state index >= 15 is 0 Å². The summed E-state index contributed by atoms with van der Waals surface area (Å²) < 4.78 is 11.2. The SMILES string of the molecule is CCCC[C@H](NC(=O)CCc1c(C)c2cc3c(C)c(C)oc3cc2oc1=O)C(=O)O. The Balaban J connectivity index is 1.84. The summed E-state index contributed by atoms with van der Waals surface area (Å²) in [5.74, 6) is -0.629. The van der Waals surface area contributed by atoms with Crippen LogP contribution in [-0.2, 0) is 16.0 Å². The maximum atomic E-state index is 12.5. The van der Waals surface area contributed by atoms with Gasteiger partial charge in [-0.2, -0.15) is 0 Å². The molecule has 0 radical (unpaired) electrons. The molecule has 0 aliphatic rings. The average Bonchev–Trinajstić information content (AvgIpc) is 2.96. The van der Waals surface area contributed by atoms with E-state index in [2.05, 4.69) is 5.32 Å². The maximum absolute atomic E-state index is 12.5. The van der Waals surface area contributed by atoms with Crippen molar-refractivity contribution in [3.8, 4) is 0 Å². The van der Waals surface area contributed by atoms with Gasteiger partial charge in [-0.25, -0.2) is 9.59 Å². The number of carboxylic acids is 1. The number of hydrogen-bond acceptors (Lipinski definition) is 5. The molecule has 0 aliphatic heterocycles. The van der Waals surface area contributed by atoms with Gasteiger partial charge in [0.25, 0.3) is 0 Å². The molecule has 0 saturated heterocycles. The van der Waals surface area contributed by atoms with E-state index in [0.29, 0.717) is 29.6 Å². The Morgan fingerprint density at radius 1 is 1.07 bits per heavy atom. The Kier molecular flexibility index (Phi) is 6.29. The largest absolute Gasteiger partial charge is 0.480 e. The third-order valence-electron chi connectivity index (χ3n) is 5.66. The van der Waals surface area contributed by atoms with Crippen molar-refractivity contribution in [3.63, 3.8) is 0 Å². The molecule has 7 nitrogen and oxygen atoms in total. The molecule has 7 heteroatoms. The van der Waals surface area contributed by atoms with E-state index in [-0.39, 0.29) is 12.8 Å². The number of amides is 1. The molecular formula is C23H27NO6. The van der Waals surface area contributed by atoms with Crippen molar-refractivity contribution < 1.29 is 23.5 Å². The summed E-state index contributed by atoms with van der Waals surface area (Å²) in [6, 6.07) is 2.76. The van der Waals surface area contributed by atoms with Crippen molar-refractivity contribution in [1.82, 2.24) is 5.32 Å². The lowest BCUT2D eigenvalue weighted by Gasteiger charge is -2.14. The highest BCUT2D eigenvalue weighted by molar-refractivity contribution is 5.96. The fraction of sp³-hybridized carbons (Fsp3) is 0.435. The van der Waals surface area contributed by atoms with Crippen LogP contribution in [0, 0.1) is 20.8 Å². The Bertz CT molecular complexity index is 1170. The van der Waals surface area contributed by atoms with E-state index < -0.39 is 23.5 Å². The van der Waals surface area contributed by atoms with Crippen LogP contribution < -0.4 is 10.9 Å². The number of aryl methyl sites for hydroxylation is 3. The number of rotatable bonds is 8. The number of carbonyl (C=O) groups is 2. The van der Waals surface area contributed by atoms with Crippen LogP contribution >= 0.6 is 0 Å². The molecule has 2 N–H and O–H groups in total. The van der Waals surface area contributed by atoms with Crippen LogP contribution in [-0.4, -0.2) is 23.0 Å². The molecule has 160 valence electrons. The maximum Gasteiger partial charge on any atom is 0.339 e. The zero-order valence-electron chi connectivity index (χ0n) is 17.8. The number of furan rings is 1. The topological polar surface area (TPSA) is 110 Å². The van der Waals surface area contributed by atoms with Crippen LogP contribution in [0.1, 0.15) is 55.1 Å². The van der Waals surface area contributed by atoms with Gasteiger partial charge in [0.15, 0.2) is 0 Å². The fourth-order valence-corrected chi connectivity index (χ4v) is 3.68. The Morgan fingerprint density at radius 3 is 2.40 bits per heavy atom. The summed E-state index contributed by atoms with van der Waals surface area (Å²) in [7, 11) is 0. The number of fused-ring (bicyclic) bond motifs is 2. The van der Waals surface area contributed by atoms with E-state index in [1.807, 2.05) is 33.8 Å². The van der Waals surface area contributed by atoms with Crippen molar-refractivity contribution in [2.24, 2.45) is 0 Å². The Labute approximate surface area is 174 Å². The molecule has 2 aromatic heterocycles. The molecule has 1 atom stereocenters. The molecular weight excluding hydrogens is 386 g/mol. The zero-order chi connectivity index (χ0) is 22.0. The number of carboxylic acid groups (broad SMARTS) is 1. The second kappa shape index (κ2) is 8.73. The van der Waals surface area contributed by atoms with Crippen molar-refractivity contribution in [3.05, 3.63) is 45.0 Å². The first-order valence-corrected chi connectivity index (χ1v) is 10.2. The van der Waals surface area contributed by atoms with Gasteiger partial charge in [0.2, 0.25) is 5.91 Å². The molecule has 0 saturated carbocycles. The minimum atomic E-state index is -1.05. The predicted molar refractivity (Wildman–Crippen MR) is 114 cm³/mol. The number of aliphatic carboxylic acids is 1. The molecule has 0 fully saturated rings. The standard InChI is InChI=1S/C23H27NO6/c1-5-6-7-18(22(26)27)24-21(25)9-8-15-13(3)17-10-16-12(2)14(4)29-19(16)11-20(17)30-23(15)28/h10-11,18H,5-9H2,1-4H3,(H,24,25)(H,26,27)/t18-/m0/s1. The first kappa shape index (κ1) is 21.6. The van der Waals surface area contributed by atoms with E-state index in [4.69, 9.17) is 8.83 Å². The summed E-state index contributed by atoms with van der Waals surface area (Å²) in [4.78, 5) is 36.1. The van der Waals surface area contributed by atoms with Gasteiger partial charge in [0.1, 0.15) is 23.0 Å². The number of nitrogens with one attached hydrogen (secondary N) is 1. The normalized spacial score (nSPS) is 12.4. The molecule has 0 unspecified atom stereocenters. The Hall–Kier alpha value is -3.09. The quantitative estimate of drug-likeness (QED) is 0.537. The number of carbonyl (C=O) groups excluding carboxylic acids is 1. The van der Waals surface area contributed by atoms with Gasteiger partial charge in [-0.1, -0.05) is 19.8 Å².